The number of ether oxygens (including phenoxy) is 4. The lowest BCUT2D eigenvalue weighted by molar-refractivity contribution is 0.00934. The Balaban J connectivity index is 1.19. The molecule has 26 heavy (non-hydrogen) atoms. The number of pyridine rings is 1. The fourth-order valence-electron chi connectivity index (χ4n) is 4.13. The van der Waals surface area contributed by atoms with E-state index in [1.165, 1.54) is 5.56 Å². The minimum Gasteiger partial charge on any atom is -0.486 e. The van der Waals surface area contributed by atoms with Crippen molar-refractivity contribution in [2.24, 2.45) is 0 Å². The molecule has 1 aromatic heterocycles. The summed E-state index contributed by atoms with van der Waals surface area (Å²) in [7, 11) is 0. The van der Waals surface area contributed by atoms with Gasteiger partial charge in [0.05, 0.1) is 18.4 Å². The van der Waals surface area contributed by atoms with Crippen molar-refractivity contribution in [3.8, 4) is 17.2 Å². The summed E-state index contributed by atoms with van der Waals surface area (Å²) < 4.78 is 23.1. The third-order valence-corrected chi connectivity index (χ3v) is 5.35. The first-order valence-corrected chi connectivity index (χ1v) is 9.10. The molecule has 2 fully saturated rings. The summed E-state index contributed by atoms with van der Waals surface area (Å²) >= 11 is 0. The van der Waals surface area contributed by atoms with Gasteiger partial charge in [-0.15, -0.1) is 0 Å². The van der Waals surface area contributed by atoms with Gasteiger partial charge in [-0.1, -0.05) is 6.07 Å². The smallest absolute Gasteiger partial charge is 0.231 e. The molecule has 3 aliphatic heterocycles. The molecule has 1 aromatic carbocycles. The summed E-state index contributed by atoms with van der Waals surface area (Å²) in [6.07, 6.45) is 5.59. The van der Waals surface area contributed by atoms with E-state index in [1.54, 1.807) is 12.4 Å². The number of benzene rings is 1. The van der Waals surface area contributed by atoms with Gasteiger partial charge in [0.2, 0.25) is 6.79 Å². The van der Waals surface area contributed by atoms with Crippen molar-refractivity contribution in [1.29, 1.82) is 0 Å². The molecule has 6 heteroatoms. The van der Waals surface area contributed by atoms with Crippen LogP contribution in [0.3, 0.4) is 0 Å². The first-order chi connectivity index (χ1) is 12.8. The standard InChI is InChI=1S/C20H22N2O4/c1-2-16(10-21-6-1)26-17-9-20(25-12-17)5-7-22(13-20)11-15-3-4-18-19(8-15)24-14-23-18/h1-4,6,8,10,17H,5,7,9,11-14H2/t17-,20+/m1/s1. The molecule has 0 aliphatic carbocycles. The summed E-state index contributed by atoms with van der Waals surface area (Å²) in [6, 6.07) is 10.0. The molecule has 6 nitrogen and oxygen atoms in total. The van der Waals surface area contributed by atoms with Crippen LogP contribution in [-0.2, 0) is 11.3 Å². The lowest BCUT2D eigenvalue weighted by atomic mass is 9.98. The van der Waals surface area contributed by atoms with Gasteiger partial charge in [-0.3, -0.25) is 9.88 Å². The molecule has 4 heterocycles. The molecule has 0 amide bonds. The Hall–Kier alpha value is -2.31. The zero-order valence-electron chi connectivity index (χ0n) is 14.6. The van der Waals surface area contributed by atoms with Crippen LogP contribution >= 0.6 is 0 Å². The maximum Gasteiger partial charge on any atom is 0.231 e. The largest absolute Gasteiger partial charge is 0.486 e. The van der Waals surface area contributed by atoms with Crippen LogP contribution in [0, 0.1) is 0 Å². The molecule has 0 bridgehead atoms. The second-order valence-corrected chi connectivity index (χ2v) is 7.27. The number of hydrogen-bond acceptors (Lipinski definition) is 6. The zero-order chi connectivity index (χ0) is 17.4. The van der Waals surface area contributed by atoms with Crippen LogP contribution in [0.4, 0.5) is 0 Å². The third-order valence-electron chi connectivity index (χ3n) is 5.35. The first kappa shape index (κ1) is 15.9. The van der Waals surface area contributed by atoms with Crippen molar-refractivity contribution >= 4 is 0 Å². The third kappa shape index (κ3) is 3.10. The average molecular weight is 354 g/mol. The number of rotatable bonds is 4. The van der Waals surface area contributed by atoms with Crippen LogP contribution < -0.4 is 14.2 Å². The van der Waals surface area contributed by atoms with Crippen molar-refractivity contribution in [2.45, 2.75) is 31.1 Å². The molecule has 0 radical (unpaired) electrons. The number of aromatic nitrogens is 1. The topological polar surface area (TPSA) is 53.1 Å². The van der Waals surface area contributed by atoms with Crippen molar-refractivity contribution in [3.05, 3.63) is 48.3 Å². The molecule has 3 aliphatic rings. The normalized spacial score (nSPS) is 27.3. The Morgan fingerprint density at radius 2 is 2.19 bits per heavy atom. The predicted molar refractivity (Wildman–Crippen MR) is 94.4 cm³/mol. The van der Waals surface area contributed by atoms with E-state index in [4.69, 9.17) is 18.9 Å². The molecule has 0 saturated carbocycles. The number of hydrogen-bond donors (Lipinski definition) is 0. The predicted octanol–water partition coefficient (Wildman–Crippen LogP) is 2.62. The van der Waals surface area contributed by atoms with Gasteiger partial charge in [0.15, 0.2) is 11.5 Å². The van der Waals surface area contributed by atoms with E-state index in [1.807, 2.05) is 18.2 Å². The van der Waals surface area contributed by atoms with E-state index in [2.05, 4.69) is 22.0 Å². The Labute approximate surface area is 152 Å². The second-order valence-electron chi connectivity index (χ2n) is 7.27. The lowest BCUT2D eigenvalue weighted by Gasteiger charge is -2.23. The number of fused-ring (bicyclic) bond motifs is 1. The van der Waals surface area contributed by atoms with Crippen LogP contribution in [0.25, 0.3) is 0 Å². The molecular weight excluding hydrogens is 332 g/mol. The van der Waals surface area contributed by atoms with E-state index in [0.29, 0.717) is 13.4 Å². The minimum absolute atomic E-state index is 0.0801. The van der Waals surface area contributed by atoms with E-state index < -0.39 is 0 Å². The summed E-state index contributed by atoms with van der Waals surface area (Å²) in [6.45, 7) is 3.84. The van der Waals surface area contributed by atoms with Gasteiger partial charge in [0.25, 0.3) is 0 Å². The quantitative estimate of drug-likeness (QED) is 0.841. The minimum atomic E-state index is -0.0801. The fraction of sp³-hybridized carbons (Fsp3) is 0.450. The molecule has 1 spiro atoms. The van der Waals surface area contributed by atoms with Gasteiger partial charge in [-0.25, -0.2) is 0 Å². The molecule has 2 aromatic rings. The highest BCUT2D eigenvalue weighted by Crippen LogP contribution is 2.38. The van der Waals surface area contributed by atoms with Crippen molar-refractivity contribution in [2.75, 3.05) is 26.5 Å². The first-order valence-electron chi connectivity index (χ1n) is 9.10. The Kier molecular flexibility index (Phi) is 3.94. The molecule has 0 unspecified atom stereocenters. The van der Waals surface area contributed by atoms with Crippen LogP contribution in [0.15, 0.2) is 42.7 Å². The van der Waals surface area contributed by atoms with Gasteiger partial charge >= 0.3 is 0 Å². The Morgan fingerprint density at radius 3 is 3.12 bits per heavy atom. The van der Waals surface area contributed by atoms with Crippen molar-refractivity contribution < 1.29 is 18.9 Å². The SMILES string of the molecule is c1cncc(O[C@H]2CO[C@@]3(CCN(Cc4ccc5c(c4)OCO5)C3)C2)c1. The summed E-state index contributed by atoms with van der Waals surface area (Å²) in [5, 5.41) is 0. The molecule has 0 N–H and O–H groups in total. The van der Waals surface area contributed by atoms with Crippen LogP contribution in [0.5, 0.6) is 17.2 Å². The highest BCUT2D eigenvalue weighted by atomic mass is 16.7. The monoisotopic (exact) mass is 354 g/mol. The Bertz CT molecular complexity index is 785. The maximum absolute atomic E-state index is 6.20. The highest BCUT2D eigenvalue weighted by Gasteiger charge is 2.46. The molecule has 2 atom stereocenters. The van der Waals surface area contributed by atoms with E-state index in [0.717, 1.165) is 49.7 Å². The van der Waals surface area contributed by atoms with Gasteiger partial charge < -0.3 is 18.9 Å². The summed E-state index contributed by atoms with van der Waals surface area (Å²) in [5.74, 6) is 2.49. The highest BCUT2D eigenvalue weighted by molar-refractivity contribution is 5.44. The lowest BCUT2D eigenvalue weighted by Crippen LogP contribution is -2.33. The molecule has 136 valence electrons. The van der Waals surface area contributed by atoms with E-state index in [-0.39, 0.29) is 11.7 Å². The Morgan fingerprint density at radius 1 is 1.23 bits per heavy atom. The van der Waals surface area contributed by atoms with Crippen molar-refractivity contribution in [1.82, 2.24) is 9.88 Å². The zero-order valence-corrected chi connectivity index (χ0v) is 14.6. The summed E-state index contributed by atoms with van der Waals surface area (Å²) in [4.78, 5) is 6.55. The van der Waals surface area contributed by atoms with Gasteiger partial charge in [-0.05, 0) is 36.2 Å². The second kappa shape index (κ2) is 6.45. The molecular formula is C20H22N2O4. The van der Waals surface area contributed by atoms with Crippen LogP contribution in [0.1, 0.15) is 18.4 Å². The molecule has 5 rings (SSSR count). The van der Waals surface area contributed by atoms with Crippen molar-refractivity contribution in [3.63, 3.8) is 0 Å². The van der Waals surface area contributed by atoms with Gasteiger partial charge in [0.1, 0.15) is 11.9 Å². The number of likely N-dealkylation sites (tertiary alicyclic amines) is 1. The van der Waals surface area contributed by atoms with Gasteiger partial charge in [-0.2, -0.15) is 0 Å². The molecule has 2 saturated heterocycles. The maximum atomic E-state index is 6.20. The summed E-state index contributed by atoms with van der Waals surface area (Å²) in [5.41, 5.74) is 1.16. The average Bonchev–Trinajstić information content (AvgIpc) is 3.37. The van der Waals surface area contributed by atoms with E-state index in [9.17, 15) is 0 Å². The van der Waals surface area contributed by atoms with Crippen LogP contribution in [0.2, 0.25) is 0 Å². The van der Waals surface area contributed by atoms with Gasteiger partial charge in [0, 0.05) is 32.3 Å². The fourth-order valence-corrected chi connectivity index (χ4v) is 4.13. The van der Waals surface area contributed by atoms with E-state index >= 15 is 0 Å². The number of nitrogens with zero attached hydrogens (tertiary/aromatic N) is 2. The van der Waals surface area contributed by atoms with Crippen LogP contribution in [-0.4, -0.2) is 48.1 Å².